The van der Waals surface area contributed by atoms with Crippen molar-refractivity contribution in [1.82, 2.24) is 4.72 Å². The third-order valence-corrected chi connectivity index (χ3v) is 4.49. The molecule has 1 aliphatic rings. The molecule has 1 aromatic rings. The van der Waals surface area contributed by atoms with Crippen LogP contribution in [0.4, 0.5) is 26.3 Å². The van der Waals surface area contributed by atoms with Crippen molar-refractivity contribution in [3.8, 4) is 0 Å². The molecule has 0 radical (unpaired) electrons. The first-order valence-electron chi connectivity index (χ1n) is 5.26. The Morgan fingerprint density at radius 3 is 1.71 bits per heavy atom. The minimum Gasteiger partial charge on any atom is -0.364 e. The van der Waals surface area contributed by atoms with Crippen molar-refractivity contribution in [2.75, 3.05) is 0 Å². The zero-order valence-corrected chi connectivity index (χ0v) is 10.6. The van der Waals surface area contributed by atoms with Crippen LogP contribution in [-0.2, 0) is 10.0 Å². The van der Waals surface area contributed by atoms with E-state index in [0.717, 1.165) is 24.3 Å². The summed E-state index contributed by atoms with van der Waals surface area (Å²) in [5, 5.41) is 9.13. The summed E-state index contributed by atoms with van der Waals surface area (Å²) in [5.41, 5.74) is -4.92. The van der Waals surface area contributed by atoms with Gasteiger partial charge in [-0.1, -0.05) is 18.2 Å². The molecule has 0 heterocycles. The lowest BCUT2D eigenvalue weighted by atomic mass is 9.75. The lowest BCUT2D eigenvalue weighted by molar-refractivity contribution is -0.493. The van der Waals surface area contributed by atoms with Crippen LogP contribution in [0.5, 0.6) is 0 Å². The molecular weight excluding hydrogens is 328 g/mol. The van der Waals surface area contributed by atoms with Gasteiger partial charge in [-0.05, 0) is 12.1 Å². The number of sulfonamides is 1. The van der Waals surface area contributed by atoms with Gasteiger partial charge in [-0.2, -0.15) is 31.1 Å². The fourth-order valence-corrected chi connectivity index (χ4v) is 3.05. The van der Waals surface area contributed by atoms with Gasteiger partial charge >= 0.3 is 17.8 Å². The van der Waals surface area contributed by atoms with E-state index in [9.17, 15) is 34.8 Å². The quantitative estimate of drug-likeness (QED) is 0.651. The average Bonchev–Trinajstić information content (AvgIpc) is 2.37. The lowest BCUT2D eigenvalue weighted by Crippen LogP contribution is -2.91. The van der Waals surface area contributed by atoms with Gasteiger partial charge in [-0.25, -0.2) is 8.42 Å². The Morgan fingerprint density at radius 1 is 0.857 bits per heavy atom. The molecule has 1 aliphatic carbocycles. The Balaban J connectivity index is 2.44. The number of benzene rings is 1. The molecule has 11 heteroatoms. The normalized spacial score (nSPS) is 25.1. The molecule has 1 aromatic carbocycles. The minimum atomic E-state index is -5.88. The fraction of sp³-hybridized carbons (Fsp3) is 0.400. The van der Waals surface area contributed by atoms with E-state index in [1.54, 1.807) is 0 Å². The van der Waals surface area contributed by atoms with Gasteiger partial charge in [0.25, 0.3) is 5.72 Å². The summed E-state index contributed by atoms with van der Waals surface area (Å²) >= 11 is 0. The fourth-order valence-electron chi connectivity index (χ4n) is 1.77. The highest BCUT2D eigenvalue weighted by atomic mass is 32.2. The molecule has 0 saturated heterocycles. The number of alkyl halides is 6. The van der Waals surface area contributed by atoms with Crippen molar-refractivity contribution >= 4 is 10.0 Å². The monoisotopic (exact) mass is 335 g/mol. The minimum absolute atomic E-state index is 0.569. The first-order chi connectivity index (χ1) is 9.31. The number of hydrogen-bond donors (Lipinski definition) is 2. The molecule has 21 heavy (non-hydrogen) atoms. The second-order valence-corrected chi connectivity index (χ2v) is 6.03. The average molecular weight is 335 g/mol. The summed E-state index contributed by atoms with van der Waals surface area (Å²) in [7, 11) is -5.06. The number of nitrogens with one attached hydrogen (secondary N) is 1. The molecule has 0 bridgehead atoms. The summed E-state index contributed by atoms with van der Waals surface area (Å²) in [5.74, 6) is -17.2. The molecule has 118 valence electrons. The van der Waals surface area contributed by atoms with E-state index in [0.29, 0.717) is 4.72 Å². The first-order valence-corrected chi connectivity index (χ1v) is 6.74. The number of rotatable bonds is 3. The Labute approximate surface area is 114 Å². The van der Waals surface area contributed by atoms with Gasteiger partial charge in [0.15, 0.2) is 0 Å². The molecule has 0 aliphatic heterocycles. The van der Waals surface area contributed by atoms with Gasteiger partial charge in [0.05, 0.1) is 4.90 Å². The predicted octanol–water partition coefficient (Wildman–Crippen LogP) is 1.57. The molecule has 2 rings (SSSR count). The van der Waals surface area contributed by atoms with Crippen molar-refractivity contribution in [2.45, 2.75) is 28.4 Å². The second kappa shape index (κ2) is 4.11. The maximum Gasteiger partial charge on any atom is 0.381 e. The summed E-state index contributed by atoms with van der Waals surface area (Å²) in [4.78, 5) is -0.750. The van der Waals surface area contributed by atoms with Crippen LogP contribution in [-0.4, -0.2) is 37.0 Å². The van der Waals surface area contributed by atoms with Gasteiger partial charge in [0.2, 0.25) is 10.0 Å². The highest BCUT2D eigenvalue weighted by molar-refractivity contribution is 7.89. The topological polar surface area (TPSA) is 66.4 Å². The highest BCUT2D eigenvalue weighted by Gasteiger charge is 2.99. The Morgan fingerprint density at radius 2 is 1.29 bits per heavy atom. The zero-order chi connectivity index (χ0) is 16.3. The highest BCUT2D eigenvalue weighted by Crippen LogP contribution is 2.65. The smallest absolute Gasteiger partial charge is 0.364 e. The van der Waals surface area contributed by atoms with Crippen LogP contribution in [0.3, 0.4) is 0 Å². The van der Waals surface area contributed by atoms with E-state index < -0.39 is 38.4 Å². The van der Waals surface area contributed by atoms with Gasteiger partial charge in [0, 0.05) is 0 Å². The third-order valence-electron chi connectivity index (χ3n) is 3.03. The van der Waals surface area contributed by atoms with E-state index >= 15 is 0 Å². The van der Waals surface area contributed by atoms with E-state index in [-0.39, 0.29) is 0 Å². The molecule has 1 saturated carbocycles. The van der Waals surface area contributed by atoms with Crippen LogP contribution in [0, 0.1) is 0 Å². The van der Waals surface area contributed by atoms with Crippen LogP contribution in [0.25, 0.3) is 0 Å². The molecule has 0 unspecified atom stereocenters. The van der Waals surface area contributed by atoms with Gasteiger partial charge in [0.1, 0.15) is 0 Å². The summed E-state index contributed by atoms with van der Waals surface area (Å²) in [6.07, 6.45) is 0. The molecule has 0 atom stereocenters. The summed E-state index contributed by atoms with van der Waals surface area (Å²) in [6.45, 7) is 0. The van der Waals surface area contributed by atoms with Gasteiger partial charge < -0.3 is 5.11 Å². The summed E-state index contributed by atoms with van der Waals surface area (Å²) in [6, 6.07) is 5.32. The number of halogens is 6. The molecule has 2 N–H and O–H groups in total. The van der Waals surface area contributed by atoms with E-state index in [1.165, 1.54) is 6.07 Å². The van der Waals surface area contributed by atoms with Crippen LogP contribution in [0.1, 0.15) is 0 Å². The molecular formula is C10H7F6NO3S. The molecule has 1 fully saturated rings. The second-order valence-electron chi connectivity index (χ2n) is 4.35. The van der Waals surface area contributed by atoms with Crippen molar-refractivity contribution < 1.29 is 39.9 Å². The number of hydrogen-bond acceptors (Lipinski definition) is 3. The van der Waals surface area contributed by atoms with Crippen molar-refractivity contribution in [3.05, 3.63) is 30.3 Å². The third kappa shape index (κ3) is 1.74. The van der Waals surface area contributed by atoms with Crippen LogP contribution >= 0.6 is 0 Å². The first kappa shape index (κ1) is 16.0. The van der Waals surface area contributed by atoms with E-state index in [1.807, 2.05) is 0 Å². The predicted molar refractivity (Wildman–Crippen MR) is 56.6 cm³/mol. The van der Waals surface area contributed by atoms with Crippen molar-refractivity contribution in [1.29, 1.82) is 0 Å². The molecule has 0 amide bonds. The Bertz CT molecular complexity index is 643. The van der Waals surface area contributed by atoms with Crippen LogP contribution in [0.15, 0.2) is 35.2 Å². The van der Waals surface area contributed by atoms with Crippen LogP contribution in [0.2, 0.25) is 0 Å². The van der Waals surface area contributed by atoms with Crippen molar-refractivity contribution in [2.24, 2.45) is 0 Å². The molecule has 4 nitrogen and oxygen atoms in total. The SMILES string of the molecule is O=S(=O)(NC1(O)C(F)(F)C(F)(F)C1(F)F)c1ccccc1. The maximum absolute atomic E-state index is 13.1. The Kier molecular flexibility index (Phi) is 3.14. The lowest BCUT2D eigenvalue weighted by Gasteiger charge is -2.55. The van der Waals surface area contributed by atoms with Gasteiger partial charge in [-0.15, -0.1) is 0 Å². The zero-order valence-electron chi connectivity index (χ0n) is 9.83. The largest absolute Gasteiger partial charge is 0.381 e. The van der Waals surface area contributed by atoms with E-state index in [2.05, 4.69) is 0 Å². The molecule has 0 spiro atoms. The van der Waals surface area contributed by atoms with Crippen molar-refractivity contribution in [3.63, 3.8) is 0 Å². The van der Waals surface area contributed by atoms with Crippen LogP contribution < -0.4 is 4.72 Å². The maximum atomic E-state index is 13.1. The summed E-state index contributed by atoms with van der Waals surface area (Å²) < 4.78 is 102. The number of aliphatic hydroxyl groups is 1. The molecule has 0 aromatic heterocycles. The van der Waals surface area contributed by atoms with Gasteiger partial charge in [-0.3, -0.25) is 0 Å². The Hall–Kier alpha value is -1.33. The standard InChI is InChI=1S/C10H7F6NO3S/c11-7(12)8(13,14)10(18,9(7,15)16)17-21(19,20)6-4-2-1-3-5-6/h1-5,17-18H. The van der Waals surface area contributed by atoms with E-state index in [4.69, 9.17) is 5.11 Å².